The maximum Gasteiger partial charge on any atom is 0.373 e. The number of hydrogen-bond donors (Lipinski definition) is 2. The minimum Gasteiger partial charge on any atom is -0.463 e. The third-order valence-corrected chi connectivity index (χ3v) is 5.23. The maximum atomic E-state index is 11.7. The smallest absolute Gasteiger partial charge is 0.373 e. The average molecular weight is 381 g/mol. The number of anilines is 1. The summed E-state index contributed by atoms with van der Waals surface area (Å²) in [7, 11) is 1.32. The molecule has 2 heterocycles. The molecule has 0 radical (unpaired) electrons. The van der Waals surface area contributed by atoms with Crippen molar-refractivity contribution in [2.75, 3.05) is 12.0 Å². The Balaban J connectivity index is 1.73. The lowest BCUT2D eigenvalue weighted by Gasteiger charge is -2.45. The second-order valence-corrected chi connectivity index (χ2v) is 7.02. The zero-order valence-corrected chi connectivity index (χ0v) is 15.7. The molecule has 8 heteroatoms. The minimum atomic E-state index is -0.513. The van der Waals surface area contributed by atoms with Crippen LogP contribution in [0.2, 0.25) is 0 Å². The van der Waals surface area contributed by atoms with E-state index in [-0.39, 0.29) is 11.7 Å². The number of nitrogens with zero attached hydrogens (tertiary/aromatic N) is 3. The van der Waals surface area contributed by atoms with Crippen LogP contribution in [0, 0.1) is 0 Å². The first-order valence-corrected chi connectivity index (χ1v) is 9.31. The molecule has 1 saturated carbocycles. The summed E-state index contributed by atoms with van der Waals surface area (Å²) >= 11 is 0. The summed E-state index contributed by atoms with van der Waals surface area (Å²) in [6, 6.07) is 11.1. The van der Waals surface area contributed by atoms with Gasteiger partial charge in [-0.05, 0) is 49.9 Å². The summed E-state index contributed by atoms with van der Waals surface area (Å²) in [6.07, 6.45) is 5.01. The number of nitrogens with two attached hydrogens (primary N) is 2. The van der Waals surface area contributed by atoms with E-state index in [9.17, 15) is 4.79 Å². The maximum absolute atomic E-state index is 11.7. The summed E-state index contributed by atoms with van der Waals surface area (Å²) in [5.41, 5.74) is 13.4. The molecular weight excluding hydrogens is 358 g/mol. The highest BCUT2D eigenvalue weighted by Gasteiger charge is 2.42. The quantitative estimate of drug-likeness (QED) is 0.789. The third-order valence-electron chi connectivity index (χ3n) is 5.23. The van der Waals surface area contributed by atoms with E-state index in [1.54, 1.807) is 12.1 Å². The number of carbonyl (C=O) groups excluding carboxylic acids is 1. The summed E-state index contributed by atoms with van der Waals surface area (Å²) in [5, 5.41) is 0. The largest absolute Gasteiger partial charge is 0.463 e. The van der Waals surface area contributed by atoms with Gasteiger partial charge >= 0.3 is 5.97 Å². The first-order valence-electron chi connectivity index (χ1n) is 9.31. The first-order chi connectivity index (χ1) is 13.5. The van der Waals surface area contributed by atoms with Gasteiger partial charge in [0, 0.05) is 11.3 Å². The minimum absolute atomic E-state index is 0.156. The molecule has 1 aliphatic heterocycles. The van der Waals surface area contributed by atoms with E-state index in [0.717, 1.165) is 36.9 Å². The summed E-state index contributed by atoms with van der Waals surface area (Å²) in [4.78, 5) is 22.5. The average Bonchev–Trinajstić information content (AvgIpc) is 3.18. The molecule has 8 nitrogen and oxygen atoms in total. The van der Waals surface area contributed by atoms with Crippen LogP contribution in [0.1, 0.15) is 42.7 Å². The predicted octanol–water partition coefficient (Wildman–Crippen LogP) is 2.84. The van der Waals surface area contributed by atoms with Crippen LogP contribution < -0.4 is 16.4 Å². The molecule has 2 aromatic rings. The van der Waals surface area contributed by atoms with Crippen LogP contribution in [0.3, 0.4) is 0 Å². The molecule has 28 heavy (non-hydrogen) atoms. The van der Waals surface area contributed by atoms with Crippen LogP contribution in [0.25, 0.3) is 11.3 Å². The Morgan fingerprint density at radius 1 is 1.18 bits per heavy atom. The fourth-order valence-corrected chi connectivity index (χ4v) is 4.00. The fraction of sp³-hybridized carbons (Fsp3) is 0.350. The van der Waals surface area contributed by atoms with Crippen LogP contribution in [0.5, 0.6) is 0 Å². The van der Waals surface area contributed by atoms with Gasteiger partial charge in [-0.2, -0.15) is 4.99 Å². The second-order valence-electron chi connectivity index (χ2n) is 7.02. The SMILES string of the molecule is COC(=O)c1ccc(-c2cccc(N3C(N)=NC(N)=NC34CCCCC4)c2)o1. The van der Waals surface area contributed by atoms with Crippen molar-refractivity contribution in [2.24, 2.45) is 21.5 Å². The number of benzene rings is 1. The lowest BCUT2D eigenvalue weighted by Crippen LogP contribution is -2.58. The molecule has 1 fully saturated rings. The van der Waals surface area contributed by atoms with Gasteiger partial charge in [0.2, 0.25) is 17.7 Å². The molecule has 0 amide bonds. The normalized spacial score (nSPS) is 18.5. The van der Waals surface area contributed by atoms with Crippen molar-refractivity contribution in [2.45, 2.75) is 37.8 Å². The van der Waals surface area contributed by atoms with Crippen LogP contribution in [0.15, 0.2) is 50.8 Å². The van der Waals surface area contributed by atoms with Gasteiger partial charge in [-0.15, -0.1) is 0 Å². The van der Waals surface area contributed by atoms with E-state index in [1.165, 1.54) is 13.5 Å². The van der Waals surface area contributed by atoms with Crippen molar-refractivity contribution in [3.05, 3.63) is 42.2 Å². The van der Waals surface area contributed by atoms with Crippen molar-refractivity contribution in [3.63, 3.8) is 0 Å². The Hall–Kier alpha value is -3.29. The molecule has 2 aliphatic rings. The predicted molar refractivity (Wildman–Crippen MR) is 107 cm³/mol. The van der Waals surface area contributed by atoms with Crippen LogP contribution in [-0.4, -0.2) is 30.7 Å². The zero-order chi connectivity index (χ0) is 19.7. The summed E-state index contributed by atoms with van der Waals surface area (Å²) < 4.78 is 10.3. The van der Waals surface area contributed by atoms with Crippen LogP contribution in [0.4, 0.5) is 5.69 Å². The number of aliphatic imine (C=N–C) groups is 2. The number of methoxy groups -OCH3 is 1. The molecule has 0 atom stereocenters. The van der Waals surface area contributed by atoms with Gasteiger partial charge in [0.05, 0.1) is 7.11 Å². The number of carbonyl (C=O) groups is 1. The van der Waals surface area contributed by atoms with E-state index in [1.807, 2.05) is 29.2 Å². The molecule has 146 valence electrons. The topological polar surface area (TPSA) is 119 Å². The Morgan fingerprint density at radius 3 is 2.71 bits per heavy atom. The molecule has 1 aromatic heterocycles. The molecule has 1 aromatic carbocycles. The fourth-order valence-electron chi connectivity index (χ4n) is 4.00. The molecular formula is C20H23N5O3. The van der Waals surface area contributed by atoms with Gasteiger partial charge in [-0.1, -0.05) is 18.6 Å². The first kappa shape index (κ1) is 18.1. The molecule has 4 rings (SSSR count). The van der Waals surface area contributed by atoms with Gasteiger partial charge in [-0.3, -0.25) is 4.90 Å². The van der Waals surface area contributed by atoms with Crippen LogP contribution in [-0.2, 0) is 4.74 Å². The second kappa shape index (κ2) is 7.03. The number of ether oxygens (including phenoxy) is 1. The van der Waals surface area contributed by atoms with E-state index in [4.69, 9.17) is 25.6 Å². The molecule has 4 N–H and O–H groups in total. The highest BCUT2D eigenvalue weighted by molar-refractivity contribution is 6.05. The van der Waals surface area contributed by atoms with E-state index in [0.29, 0.717) is 11.7 Å². The summed E-state index contributed by atoms with van der Waals surface area (Å²) in [6.45, 7) is 0. The lowest BCUT2D eigenvalue weighted by molar-refractivity contribution is 0.0566. The Kier molecular flexibility index (Phi) is 4.54. The van der Waals surface area contributed by atoms with Gasteiger partial charge < -0.3 is 20.6 Å². The molecule has 0 bridgehead atoms. The number of hydrogen-bond acceptors (Lipinski definition) is 8. The standard InChI is InChI=1S/C20H23N5O3/c1-27-17(26)16-9-8-15(28-16)13-6-5-7-14(12-13)25-19(22)23-18(21)24-20(25)10-3-2-4-11-20/h5-9,12H,2-4,10-11H2,1H3,(H4,21,22,23,24). The van der Waals surface area contributed by atoms with Crippen molar-refractivity contribution in [1.82, 2.24) is 0 Å². The van der Waals surface area contributed by atoms with Crippen LogP contribution >= 0.6 is 0 Å². The summed E-state index contributed by atoms with van der Waals surface area (Å²) in [5.74, 6) is 0.765. The van der Waals surface area contributed by atoms with Crippen molar-refractivity contribution in [1.29, 1.82) is 0 Å². The number of rotatable bonds is 3. The van der Waals surface area contributed by atoms with Crippen molar-refractivity contribution < 1.29 is 13.9 Å². The Labute approximate surface area is 162 Å². The lowest BCUT2D eigenvalue weighted by atomic mass is 9.87. The van der Waals surface area contributed by atoms with E-state index < -0.39 is 11.6 Å². The highest BCUT2D eigenvalue weighted by atomic mass is 16.5. The molecule has 1 aliphatic carbocycles. The van der Waals surface area contributed by atoms with Crippen molar-refractivity contribution >= 4 is 23.6 Å². The molecule has 1 spiro atoms. The van der Waals surface area contributed by atoms with Gasteiger partial charge in [0.1, 0.15) is 11.4 Å². The molecule has 0 unspecified atom stereocenters. The number of furan rings is 1. The van der Waals surface area contributed by atoms with E-state index >= 15 is 0 Å². The van der Waals surface area contributed by atoms with E-state index in [2.05, 4.69) is 4.99 Å². The Morgan fingerprint density at radius 2 is 1.96 bits per heavy atom. The third kappa shape index (κ3) is 3.11. The number of esters is 1. The molecule has 0 saturated heterocycles. The van der Waals surface area contributed by atoms with Gasteiger partial charge in [0.25, 0.3) is 0 Å². The van der Waals surface area contributed by atoms with Gasteiger partial charge in [0.15, 0.2) is 0 Å². The van der Waals surface area contributed by atoms with Gasteiger partial charge in [-0.25, -0.2) is 9.79 Å². The zero-order valence-electron chi connectivity index (χ0n) is 15.7. The highest BCUT2D eigenvalue weighted by Crippen LogP contribution is 2.40. The Bertz CT molecular complexity index is 956. The monoisotopic (exact) mass is 381 g/mol. The number of guanidine groups is 2. The van der Waals surface area contributed by atoms with Crippen molar-refractivity contribution in [3.8, 4) is 11.3 Å².